The van der Waals surface area contributed by atoms with Gasteiger partial charge in [0.2, 0.25) is 0 Å². The van der Waals surface area contributed by atoms with Crippen molar-refractivity contribution in [3.8, 4) is 11.1 Å². The predicted octanol–water partition coefficient (Wildman–Crippen LogP) is 5.58. The van der Waals surface area contributed by atoms with Gasteiger partial charge in [-0.2, -0.15) is 0 Å². The number of ether oxygens (including phenoxy) is 1. The Hall–Kier alpha value is -1.88. The molecule has 0 aromatic heterocycles. The van der Waals surface area contributed by atoms with Crippen LogP contribution in [0.25, 0.3) is 11.1 Å². The zero-order valence-corrected chi connectivity index (χ0v) is 13.3. The Kier molecular flexibility index (Phi) is 4.90. The van der Waals surface area contributed by atoms with Gasteiger partial charge in [0.1, 0.15) is 0 Å². The second-order valence-electron chi connectivity index (χ2n) is 6.10. The first-order chi connectivity index (χ1) is 11.5. The van der Waals surface area contributed by atoms with Gasteiger partial charge in [-0.1, -0.05) is 25.1 Å². The van der Waals surface area contributed by atoms with E-state index in [1.54, 1.807) is 0 Å². The van der Waals surface area contributed by atoms with E-state index in [9.17, 15) is 17.6 Å². The molecule has 2 atom stereocenters. The van der Waals surface area contributed by atoms with E-state index in [0.717, 1.165) is 31.4 Å². The lowest BCUT2D eigenvalue weighted by Crippen LogP contribution is -2.24. The monoisotopic (exact) mass is 338 g/mol. The van der Waals surface area contributed by atoms with E-state index in [1.807, 2.05) is 6.92 Å². The molecule has 0 radical (unpaired) electrons. The minimum Gasteiger partial charge on any atom is -0.378 e. The van der Waals surface area contributed by atoms with E-state index in [-0.39, 0.29) is 28.7 Å². The zero-order chi connectivity index (χ0) is 17.3. The summed E-state index contributed by atoms with van der Waals surface area (Å²) in [5.74, 6) is -4.30. The fourth-order valence-electron chi connectivity index (χ4n) is 3.14. The summed E-state index contributed by atoms with van der Waals surface area (Å²) in [6, 6.07) is 5.91. The van der Waals surface area contributed by atoms with Gasteiger partial charge in [-0.05, 0) is 42.5 Å². The summed E-state index contributed by atoms with van der Waals surface area (Å²) in [5.41, 5.74) is 0.287. The lowest BCUT2D eigenvalue weighted by Gasteiger charge is -2.29. The largest absolute Gasteiger partial charge is 0.378 e. The molecule has 0 aliphatic carbocycles. The highest BCUT2D eigenvalue weighted by Crippen LogP contribution is 2.34. The Balaban J connectivity index is 1.90. The van der Waals surface area contributed by atoms with Gasteiger partial charge in [-0.3, -0.25) is 0 Å². The predicted molar refractivity (Wildman–Crippen MR) is 83.7 cm³/mol. The van der Waals surface area contributed by atoms with E-state index < -0.39 is 23.3 Å². The first kappa shape index (κ1) is 17.0. The van der Waals surface area contributed by atoms with E-state index in [4.69, 9.17) is 4.74 Å². The van der Waals surface area contributed by atoms with E-state index in [1.165, 1.54) is 18.2 Å². The van der Waals surface area contributed by atoms with E-state index in [0.29, 0.717) is 6.61 Å². The van der Waals surface area contributed by atoms with Crippen molar-refractivity contribution in [2.24, 2.45) is 0 Å². The lowest BCUT2D eigenvalue weighted by atomic mass is 9.89. The molecule has 0 amide bonds. The molecule has 2 unspecified atom stereocenters. The summed E-state index contributed by atoms with van der Waals surface area (Å²) in [5, 5.41) is 0. The summed E-state index contributed by atoms with van der Waals surface area (Å²) >= 11 is 0. The van der Waals surface area contributed by atoms with Crippen molar-refractivity contribution in [2.75, 3.05) is 6.61 Å². The van der Waals surface area contributed by atoms with Gasteiger partial charge in [-0.25, -0.2) is 17.6 Å². The lowest BCUT2D eigenvalue weighted by molar-refractivity contribution is 0.00131. The highest BCUT2D eigenvalue weighted by Gasteiger charge is 2.26. The Morgan fingerprint density at radius 2 is 1.75 bits per heavy atom. The highest BCUT2D eigenvalue weighted by molar-refractivity contribution is 5.65. The summed E-state index contributed by atoms with van der Waals surface area (Å²) < 4.78 is 60.9. The van der Waals surface area contributed by atoms with Crippen molar-refractivity contribution in [3.05, 3.63) is 59.2 Å². The van der Waals surface area contributed by atoms with Gasteiger partial charge in [0, 0.05) is 11.5 Å². The van der Waals surface area contributed by atoms with Gasteiger partial charge in [0.15, 0.2) is 23.3 Å². The van der Waals surface area contributed by atoms with Crippen molar-refractivity contribution in [2.45, 2.75) is 38.2 Å². The quantitative estimate of drug-likeness (QED) is 0.664. The molecule has 0 spiro atoms. The van der Waals surface area contributed by atoms with Gasteiger partial charge in [0.25, 0.3) is 0 Å². The first-order valence-corrected chi connectivity index (χ1v) is 8.06. The van der Waals surface area contributed by atoms with Crippen molar-refractivity contribution in [1.82, 2.24) is 0 Å². The minimum atomic E-state index is -1.09. The molecule has 2 aromatic rings. The van der Waals surface area contributed by atoms with Crippen LogP contribution in [0.5, 0.6) is 0 Å². The topological polar surface area (TPSA) is 9.23 Å². The molecule has 128 valence electrons. The van der Waals surface area contributed by atoms with Crippen LogP contribution in [0.4, 0.5) is 17.6 Å². The molecule has 1 aliphatic rings. The molecule has 1 nitrogen and oxygen atoms in total. The second kappa shape index (κ2) is 6.93. The second-order valence-corrected chi connectivity index (χ2v) is 6.10. The number of hydrogen-bond acceptors (Lipinski definition) is 1. The molecule has 1 aliphatic heterocycles. The Morgan fingerprint density at radius 1 is 0.958 bits per heavy atom. The van der Waals surface area contributed by atoms with Crippen molar-refractivity contribution >= 4 is 0 Å². The van der Waals surface area contributed by atoms with Crippen molar-refractivity contribution in [1.29, 1.82) is 0 Å². The molecule has 0 saturated carbocycles. The molecule has 3 rings (SSSR count). The van der Waals surface area contributed by atoms with Gasteiger partial charge in [0.05, 0.1) is 12.7 Å². The smallest absolute Gasteiger partial charge is 0.166 e. The SMILES string of the molecule is CCC1CCC(c2ccc(-c3ccc(F)c(F)c3)c(F)c2F)CO1. The third kappa shape index (κ3) is 3.18. The zero-order valence-electron chi connectivity index (χ0n) is 13.3. The average Bonchev–Trinajstić information content (AvgIpc) is 2.60. The highest BCUT2D eigenvalue weighted by atomic mass is 19.2. The van der Waals surface area contributed by atoms with Crippen molar-refractivity contribution in [3.63, 3.8) is 0 Å². The maximum atomic E-state index is 14.5. The molecule has 1 saturated heterocycles. The van der Waals surface area contributed by atoms with E-state index >= 15 is 0 Å². The molecule has 1 fully saturated rings. The van der Waals surface area contributed by atoms with Crippen LogP contribution in [0.15, 0.2) is 30.3 Å². The fraction of sp³-hybridized carbons (Fsp3) is 0.368. The molecule has 0 N–H and O–H groups in total. The maximum absolute atomic E-state index is 14.5. The molecule has 5 heteroatoms. The number of rotatable bonds is 3. The molecular weight excluding hydrogens is 320 g/mol. The normalized spacial score (nSPS) is 21.0. The molecule has 1 heterocycles. The summed E-state index contributed by atoms with van der Waals surface area (Å²) in [4.78, 5) is 0. The van der Waals surface area contributed by atoms with Crippen LogP contribution in [0.2, 0.25) is 0 Å². The van der Waals surface area contributed by atoms with Gasteiger partial charge >= 0.3 is 0 Å². The van der Waals surface area contributed by atoms with Gasteiger partial charge < -0.3 is 4.74 Å². The molecule has 0 bridgehead atoms. The summed E-state index contributed by atoms with van der Waals surface area (Å²) in [6.07, 6.45) is 2.63. The van der Waals surface area contributed by atoms with E-state index in [2.05, 4.69) is 0 Å². The summed E-state index contributed by atoms with van der Waals surface area (Å²) in [7, 11) is 0. The van der Waals surface area contributed by atoms with Crippen LogP contribution in [0, 0.1) is 23.3 Å². The van der Waals surface area contributed by atoms with Gasteiger partial charge in [-0.15, -0.1) is 0 Å². The fourth-order valence-corrected chi connectivity index (χ4v) is 3.14. The molecule has 2 aromatic carbocycles. The van der Waals surface area contributed by atoms with Crippen LogP contribution in [-0.2, 0) is 4.74 Å². The average molecular weight is 338 g/mol. The number of benzene rings is 2. The minimum absolute atomic E-state index is 0.0849. The van der Waals surface area contributed by atoms with Crippen LogP contribution in [-0.4, -0.2) is 12.7 Å². The first-order valence-electron chi connectivity index (χ1n) is 8.06. The third-order valence-corrected chi connectivity index (χ3v) is 4.61. The Morgan fingerprint density at radius 3 is 2.38 bits per heavy atom. The third-order valence-electron chi connectivity index (χ3n) is 4.61. The maximum Gasteiger partial charge on any atom is 0.166 e. The standard InChI is InChI=1S/C19H18F4O/c1-2-13-5-3-12(10-24-13)15-7-6-14(18(22)19(15)23)11-4-8-16(20)17(21)9-11/h4,6-9,12-13H,2-3,5,10H2,1H3. The van der Waals surface area contributed by atoms with Crippen LogP contribution in [0.3, 0.4) is 0 Å². The van der Waals surface area contributed by atoms with Crippen LogP contribution >= 0.6 is 0 Å². The number of halogens is 4. The van der Waals surface area contributed by atoms with Crippen LogP contribution < -0.4 is 0 Å². The molecular formula is C19H18F4O. The molecule has 24 heavy (non-hydrogen) atoms. The van der Waals surface area contributed by atoms with Crippen LogP contribution in [0.1, 0.15) is 37.7 Å². The van der Waals surface area contributed by atoms with Crippen molar-refractivity contribution < 1.29 is 22.3 Å². The number of hydrogen-bond donors (Lipinski definition) is 0. The summed E-state index contributed by atoms with van der Waals surface area (Å²) in [6.45, 7) is 2.39. The Labute approximate surface area is 138 Å². The Bertz CT molecular complexity index is 736.